The van der Waals surface area contributed by atoms with Gasteiger partial charge in [0.15, 0.2) is 5.82 Å². The van der Waals surface area contributed by atoms with Gasteiger partial charge in [0.1, 0.15) is 35.6 Å². The molecule has 246 valence electrons. The molecule has 3 aromatic heterocycles. The van der Waals surface area contributed by atoms with Gasteiger partial charge in [0.25, 0.3) is 0 Å². The average Bonchev–Trinajstić information content (AvgIpc) is 3.64. The lowest BCUT2D eigenvalue weighted by molar-refractivity contribution is 0.108. The number of benzene rings is 1. The predicted octanol–water partition coefficient (Wildman–Crippen LogP) is 5.15. The number of aromatic amines is 1. The monoisotopic (exact) mass is 661 g/mol. The van der Waals surface area contributed by atoms with Crippen LogP contribution >= 0.6 is 11.6 Å². The topological polar surface area (TPSA) is 122 Å². The van der Waals surface area contributed by atoms with Crippen LogP contribution in [-0.2, 0) is 4.74 Å². The molecule has 2 N–H and O–H groups in total. The lowest BCUT2D eigenvalue weighted by Gasteiger charge is -2.31. The highest BCUT2D eigenvalue weighted by Gasteiger charge is 2.47. The van der Waals surface area contributed by atoms with Crippen LogP contribution in [0.1, 0.15) is 56.9 Å². The summed E-state index contributed by atoms with van der Waals surface area (Å²) >= 11 is 6.85. The fourth-order valence-corrected chi connectivity index (χ4v) is 8.56. The minimum atomic E-state index is -0.569. The maximum absolute atomic E-state index is 17.2. The fourth-order valence-electron chi connectivity index (χ4n) is 8.20. The molecule has 11 nitrogen and oxygen atoms in total. The van der Waals surface area contributed by atoms with Crippen LogP contribution in [0.2, 0.25) is 5.02 Å². The Kier molecular flexibility index (Phi) is 7.08. The SMILES string of the molecule is C[C@H](O)/C=C1\CN2CCC[C@@]2(COc2nc3c4c(nc(-c5c(C6CC6)c(Cl)cc6[nH]ncc56)c(F)c4n2)OC[C@@H]2COCCCN32)C1. The highest BCUT2D eigenvalue weighted by atomic mass is 35.5. The summed E-state index contributed by atoms with van der Waals surface area (Å²) in [5.41, 5.74) is 3.45. The molecular weight excluding hydrogens is 625 g/mol. The summed E-state index contributed by atoms with van der Waals surface area (Å²) < 4.78 is 36.0. The number of hydrogen-bond acceptors (Lipinski definition) is 10. The van der Waals surface area contributed by atoms with Crippen molar-refractivity contribution >= 4 is 39.2 Å². The van der Waals surface area contributed by atoms with Crippen LogP contribution in [0.5, 0.6) is 11.9 Å². The van der Waals surface area contributed by atoms with Gasteiger partial charge in [-0.15, -0.1) is 0 Å². The van der Waals surface area contributed by atoms with Crippen LogP contribution in [0.15, 0.2) is 23.9 Å². The smallest absolute Gasteiger partial charge is 0.319 e. The number of halogens is 2. The van der Waals surface area contributed by atoms with Gasteiger partial charge in [0.2, 0.25) is 5.88 Å². The Morgan fingerprint density at radius 3 is 2.98 bits per heavy atom. The van der Waals surface area contributed by atoms with Gasteiger partial charge < -0.3 is 24.2 Å². The van der Waals surface area contributed by atoms with Crippen molar-refractivity contribution in [3.05, 3.63) is 40.3 Å². The van der Waals surface area contributed by atoms with E-state index in [-0.39, 0.29) is 40.6 Å². The first-order valence-electron chi connectivity index (χ1n) is 16.7. The molecule has 4 aromatic rings. The zero-order chi connectivity index (χ0) is 31.9. The van der Waals surface area contributed by atoms with Crippen molar-refractivity contribution in [3.63, 3.8) is 0 Å². The van der Waals surface area contributed by atoms with Gasteiger partial charge in [-0.2, -0.15) is 15.1 Å². The first kappa shape index (κ1) is 29.6. The molecule has 13 heteroatoms. The summed E-state index contributed by atoms with van der Waals surface area (Å²) in [6.07, 6.45) is 8.73. The molecule has 9 rings (SSSR count). The number of ether oxygens (including phenoxy) is 3. The van der Waals surface area contributed by atoms with Gasteiger partial charge in [-0.3, -0.25) is 10.00 Å². The Labute approximate surface area is 276 Å². The second kappa shape index (κ2) is 11.3. The van der Waals surface area contributed by atoms with E-state index in [9.17, 15) is 5.11 Å². The van der Waals surface area contributed by atoms with Gasteiger partial charge in [-0.1, -0.05) is 23.3 Å². The zero-order valence-electron chi connectivity index (χ0n) is 26.3. The summed E-state index contributed by atoms with van der Waals surface area (Å²) in [6, 6.07) is 1.84. The van der Waals surface area contributed by atoms with Gasteiger partial charge in [0.05, 0.1) is 36.0 Å². The van der Waals surface area contributed by atoms with E-state index < -0.39 is 11.9 Å². The lowest BCUT2D eigenvalue weighted by atomic mass is 9.93. The van der Waals surface area contributed by atoms with E-state index in [1.807, 2.05) is 12.1 Å². The van der Waals surface area contributed by atoms with Gasteiger partial charge in [-0.25, -0.2) is 9.37 Å². The van der Waals surface area contributed by atoms with Crippen LogP contribution < -0.4 is 14.4 Å². The van der Waals surface area contributed by atoms with Gasteiger partial charge >= 0.3 is 6.01 Å². The number of pyridine rings is 1. The highest BCUT2D eigenvalue weighted by Crippen LogP contribution is 2.51. The molecular formula is C34H37ClFN7O4. The molecule has 3 atom stereocenters. The van der Waals surface area contributed by atoms with Crippen molar-refractivity contribution < 1.29 is 23.7 Å². The van der Waals surface area contributed by atoms with E-state index in [0.29, 0.717) is 60.3 Å². The second-order valence-corrected chi connectivity index (χ2v) is 14.2. The predicted molar refractivity (Wildman–Crippen MR) is 175 cm³/mol. The summed E-state index contributed by atoms with van der Waals surface area (Å²) in [5, 5.41) is 19.0. The molecule has 0 radical (unpaired) electrons. The zero-order valence-corrected chi connectivity index (χ0v) is 27.0. The summed E-state index contributed by atoms with van der Waals surface area (Å²) in [7, 11) is 0. The molecule has 0 unspecified atom stereocenters. The third kappa shape index (κ3) is 4.94. The van der Waals surface area contributed by atoms with E-state index >= 15 is 4.39 Å². The number of fused-ring (bicyclic) bond motifs is 4. The third-order valence-electron chi connectivity index (χ3n) is 10.4. The molecule has 5 aliphatic rings. The Morgan fingerprint density at radius 2 is 2.13 bits per heavy atom. The van der Waals surface area contributed by atoms with Crippen molar-refractivity contribution in [1.29, 1.82) is 0 Å². The molecule has 1 aromatic carbocycles. The molecule has 1 aliphatic carbocycles. The fraction of sp³-hybridized carbons (Fsp3) is 0.529. The van der Waals surface area contributed by atoms with E-state index in [2.05, 4.69) is 20.0 Å². The second-order valence-electron chi connectivity index (χ2n) is 13.8. The molecule has 0 bridgehead atoms. The first-order valence-corrected chi connectivity index (χ1v) is 17.1. The Hall–Kier alpha value is -3.58. The molecule has 0 amide bonds. The largest absolute Gasteiger partial charge is 0.475 e. The summed E-state index contributed by atoms with van der Waals surface area (Å²) in [4.78, 5) is 19.2. The van der Waals surface area contributed by atoms with Crippen molar-refractivity contribution in [3.8, 4) is 23.1 Å². The van der Waals surface area contributed by atoms with Gasteiger partial charge in [0, 0.05) is 35.7 Å². The normalized spacial score (nSPS) is 25.9. The van der Waals surface area contributed by atoms with Crippen LogP contribution in [0.4, 0.5) is 10.2 Å². The Morgan fingerprint density at radius 1 is 1.23 bits per heavy atom. The van der Waals surface area contributed by atoms with E-state index in [4.69, 9.17) is 40.8 Å². The van der Waals surface area contributed by atoms with Crippen LogP contribution in [0.3, 0.4) is 0 Å². The standard InChI is InChI=1S/C34H37ClFN7O4/c1-18(44)10-19-12-34(6-2-7-42(34)14-19)17-47-33-39-30-27-31(40-33)43-8-3-9-45-15-21(43)16-46-32(27)38-29(28(30)36)26-22-13-37-41-24(22)11-23(35)25(26)20-4-5-20/h10-11,13,18,20-21,44H,2-9,12,14-17H2,1H3,(H,37,41)/b19-10-/t18-,21-,34-/m0/s1. The average molecular weight is 662 g/mol. The number of hydrogen-bond donors (Lipinski definition) is 2. The third-order valence-corrected chi connectivity index (χ3v) is 10.7. The number of nitrogens with one attached hydrogen (secondary N) is 1. The number of aliphatic hydroxyl groups is 1. The number of aromatic nitrogens is 5. The number of rotatable bonds is 6. The minimum Gasteiger partial charge on any atom is -0.475 e. The number of nitrogens with zero attached hydrogens (tertiary/aromatic N) is 6. The van der Waals surface area contributed by atoms with Crippen LogP contribution in [0, 0.1) is 5.82 Å². The number of anilines is 1. The van der Waals surface area contributed by atoms with E-state index in [0.717, 1.165) is 62.6 Å². The van der Waals surface area contributed by atoms with Crippen molar-refractivity contribution in [2.75, 3.05) is 51.0 Å². The number of aliphatic hydroxyl groups excluding tert-OH is 1. The van der Waals surface area contributed by atoms with Crippen LogP contribution in [-0.4, -0.2) is 98.9 Å². The van der Waals surface area contributed by atoms with Crippen molar-refractivity contribution in [2.45, 2.75) is 69.1 Å². The maximum atomic E-state index is 17.2. The maximum Gasteiger partial charge on any atom is 0.319 e. The minimum absolute atomic E-state index is 0.107. The highest BCUT2D eigenvalue weighted by molar-refractivity contribution is 6.33. The Balaban J connectivity index is 1.20. The molecule has 1 saturated carbocycles. The molecule has 4 fully saturated rings. The molecule has 7 heterocycles. The first-order chi connectivity index (χ1) is 22.9. The molecule has 3 saturated heterocycles. The van der Waals surface area contributed by atoms with E-state index in [1.54, 1.807) is 13.1 Å². The lowest BCUT2D eigenvalue weighted by Crippen LogP contribution is -2.43. The molecule has 47 heavy (non-hydrogen) atoms. The van der Waals surface area contributed by atoms with Crippen molar-refractivity contribution in [1.82, 2.24) is 30.0 Å². The summed E-state index contributed by atoms with van der Waals surface area (Å²) in [5.74, 6) is 0.487. The Bertz CT molecular complexity index is 1930. The number of H-pyrrole nitrogens is 1. The van der Waals surface area contributed by atoms with E-state index in [1.165, 1.54) is 5.57 Å². The van der Waals surface area contributed by atoms with Crippen LogP contribution in [0.25, 0.3) is 33.1 Å². The molecule has 0 spiro atoms. The quantitative estimate of drug-likeness (QED) is 0.268. The van der Waals surface area contributed by atoms with Crippen molar-refractivity contribution in [2.24, 2.45) is 0 Å². The van der Waals surface area contributed by atoms with Gasteiger partial charge in [-0.05, 0) is 69.5 Å². The molecule has 4 aliphatic heterocycles. The summed E-state index contributed by atoms with van der Waals surface area (Å²) in [6.45, 7) is 5.98.